The second-order valence-corrected chi connectivity index (χ2v) is 5.68. The number of hydrogen-bond acceptors (Lipinski definition) is 6. The monoisotopic (exact) mass is 353 g/mol. The zero-order valence-corrected chi connectivity index (χ0v) is 14.8. The van der Waals surface area contributed by atoms with E-state index in [1.165, 1.54) is 5.56 Å². The first-order valence-corrected chi connectivity index (χ1v) is 8.76. The minimum atomic E-state index is 0.331. The van der Waals surface area contributed by atoms with Crippen LogP contribution in [-0.2, 0) is 11.3 Å². The van der Waals surface area contributed by atoms with Gasteiger partial charge in [0.25, 0.3) is 0 Å². The summed E-state index contributed by atoms with van der Waals surface area (Å²) in [5.74, 6) is 0.692. The van der Waals surface area contributed by atoms with Crippen molar-refractivity contribution in [2.75, 3.05) is 19.8 Å². The lowest BCUT2D eigenvalue weighted by molar-refractivity contribution is 0.144. The molecule has 3 rings (SSSR count). The summed E-state index contributed by atoms with van der Waals surface area (Å²) in [7, 11) is 0. The molecule has 1 N–H and O–H groups in total. The van der Waals surface area contributed by atoms with E-state index in [1.807, 2.05) is 61.5 Å². The van der Waals surface area contributed by atoms with Crippen molar-refractivity contribution >= 4 is 0 Å². The Labute approximate surface area is 152 Å². The molecule has 0 amide bonds. The van der Waals surface area contributed by atoms with Gasteiger partial charge in [0, 0.05) is 19.8 Å². The van der Waals surface area contributed by atoms with Crippen LogP contribution in [0.4, 0.5) is 0 Å². The van der Waals surface area contributed by atoms with Gasteiger partial charge in [-0.2, -0.15) is 4.68 Å². The fourth-order valence-corrected chi connectivity index (χ4v) is 2.43. The third kappa shape index (κ3) is 5.11. The second kappa shape index (κ2) is 9.65. The van der Waals surface area contributed by atoms with Gasteiger partial charge < -0.3 is 14.8 Å². The van der Waals surface area contributed by atoms with Crippen LogP contribution in [0, 0.1) is 0 Å². The molecule has 136 valence electrons. The van der Waals surface area contributed by atoms with Crippen LogP contribution >= 0.6 is 0 Å². The highest BCUT2D eigenvalue weighted by Gasteiger charge is 2.10. The highest BCUT2D eigenvalue weighted by molar-refractivity contribution is 5.34. The third-order valence-corrected chi connectivity index (χ3v) is 3.75. The van der Waals surface area contributed by atoms with Gasteiger partial charge in [0.2, 0.25) is 0 Å². The lowest BCUT2D eigenvalue weighted by Crippen LogP contribution is -2.16. The van der Waals surface area contributed by atoms with E-state index in [1.54, 1.807) is 4.68 Å². The van der Waals surface area contributed by atoms with Gasteiger partial charge in [0.05, 0.1) is 5.69 Å². The second-order valence-electron chi connectivity index (χ2n) is 5.68. The van der Waals surface area contributed by atoms with Gasteiger partial charge in [-0.15, -0.1) is 0 Å². The maximum Gasteiger partial charge on any atom is 0.345 e. The molecule has 0 aliphatic heterocycles. The molecular weight excluding hydrogens is 330 g/mol. The molecular formula is C19H23N5O2. The molecule has 0 aliphatic rings. The maximum absolute atomic E-state index is 5.82. The minimum absolute atomic E-state index is 0.331. The molecule has 1 heterocycles. The van der Waals surface area contributed by atoms with Crippen LogP contribution < -0.4 is 10.1 Å². The summed E-state index contributed by atoms with van der Waals surface area (Å²) >= 11 is 0. The Morgan fingerprint density at radius 3 is 2.62 bits per heavy atom. The summed E-state index contributed by atoms with van der Waals surface area (Å²) in [6, 6.07) is 17.9. The van der Waals surface area contributed by atoms with Crippen molar-refractivity contribution < 1.29 is 9.47 Å². The van der Waals surface area contributed by atoms with Gasteiger partial charge in [-0.25, -0.2) is 0 Å². The smallest absolute Gasteiger partial charge is 0.345 e. The molecule has 0 saturated heterocycles. The summed E-state index contributed by atoms with van der Waals surface area (Å²) in [5, 5.41) is 15.0. The molecule has 1 aromatic heterocycles. The van der Waals surface area contributed by atoms with Crippen molar-refractivity contribution in [3.63, 3.8) is 0 Å². The van der Waals surface area contributed by atoms with E-state index < -0.39 is 0 Å². The minimum Gasteiger partial charge on any atom is -0.423 e. The highest BCUT2D eigenvalue weighted by atomic mass is 16.5. The molecule has 3 aromatic rings. The number of hydrogen-bond donors (Lipinski definition) is 1. The Morgan fingerprint density at radius 2 is 1.85 bits per heavy atom. The predicted molar refractivity (Wildman–Crippen MR) is 98.5 cm³/mol. The van der Waals surface area contributed by atoms with Crippen LogP contribution in [0.3, 0.4) is 0 Å². The first kappa shape index (κ1) is 18.0. The normalized spacial score (nSPS) is 10.8. The fraction of sp³-hybridized carbons (Fsp3) is 0.316. The van der Waals surface area contributed by atoms with Crippen molar-refractivity contribution in [1.82, 2.24) is 25.5 Å². The molecule has 0 spiro atoms. The molecule has 0 saturated carbocycles. The summed E-state index contributed by atoms with van der Waals surface area (Å²) < 4.78 is 12.7. The molecule has 0 atom stereocenters. The first-order chi connectivity index (χ1) is 12.9. The van der Waals surface area contributed by atoms with Crippen molar-refractivity contribution in [3.8, 4) is 17.4 Å². The van der Waals surface area contributed by atoms with Crippen molar-refractivity contribution in [3.05, 3.63) is 60.2 Å². The lowest BCUT2D eigenvalue weighted by Gasteiger charge is -2.08. The van der Waals surface area contributed by atoms with Crippen LogP contribution in [0.15, 0.2) is 54.6 Å². The third-order valence-electron chi connectivity index (χ3n) is 3.75. The molecule has 0 unspecified atom stereocenters. The Kier molecular flexibility index (Phi) is 6.69. The van der Waals surface area contributed by atoms with E-state index in [9.17, 15) is 0 Å². The van der Waals surface area contributed by atoms with E-state index in [0.29, 0.717) is 11.8 Å². The van der Waals surface area contributed by atoms with Crippen LogP contribution in [-0.4, -0.2) is 40.0 Å². The molecule has 0 fully saturated rings. The Bertz CT molecular complexity index is 774. The van der Waals surface area contributed by atoms with Crippen molar-refractivity contribution in [2.45, 2.75) is 19.9 Å². The summed E-state index contributed by atoms with van der Waals surface area (Å²) in [5.41, 5.74) is 2.04. The summed E-state index contributed by atoms with van der Waals surface area (Å²) in [6.45, 7) is 5.33. The van der Waals surface area contributed by atoms with Crippen LogP contribution in [0.2, 0.25) is 0 Å². The van der Waals surface area contributed by atoms with Gasteiger partial charge in [-0.1, -0.05) is 35.4 Å². The SMILES string of the molecule is CCOCCCNCc1ccc(Oc2nnnn2-c2ccccc2)cc1. The number of aromatic nitrogens is 4. The zero-order chi connectivity index (χ0) is 18.0. The summed E-state index contributed by atoms with van der Waals surface area (Å²) in [4.78, 5) is 0. The highest BCUT2D eigenvalue weighted by Crippen LogP contribution is 2.21. The topological polar surface area (TPSA) is 74.1 Å². The quantitative estimate of drug-likeness (QED) is 0.565. The van der Waals surface area contributed by atoms with Gasteiger partial charge in [-0.05, 0) is 60.1 Å². The Hall–Kier alpha value is -2.77. The fourth-order valence-electron chi connectivity index (χ4n) is 2.43. The van der Waals surface area contributed by atoms with E-state index >= 15 is 0 Å². The number of rotatable bonds is 10. The van der Waals surface area contributed by atoms with Crippen molar-refractivity contribution in [1.29, 1.82) is 0 Å². The molecule has 2 aromatic carbocycles. The Morgan fingerprint density at radius 1 is 1.04 bits per heavy atom. The van der Waals surface area contributed by atoms with E-state index in [0.717, 1.165) is 38.4 Å². The Balaban J connectivity index is 1.53. The number of benzene rings is 2. The number of para-hydroxylation sites is 1. The van der Waals surface area contributed by atoms with Gasteiger partial charge in [0.1, 0.15) is 5.75 Å². The average molecular weight is 353 g/mol. The van der Waals surface area contributed by atoms with Crippen LogP contribution in [0.25, 0.3) is 5.69 Å². The van der Waals surface area contributed by atoms with Crippen molar-refractivity contribution in [2.24, 2.45) is 0 Å². The molecule has 0 aliphatic carbocycles. The summed E-state index contributed by atoms with van der Waals surface area (Å²) in [6.07, 6.45) is 1.01. The molecule has 7 nitrogen and oxygen atoms in total. The lowest BCUT2D eigenvalue weighted by atomic mass is 10.2. The molecule has 26 heavy (non-hydrogen) atoms. The number of tetrazole rings is 1. The van der Waals surface area contributed by atoms with Gasteiger partial charge >= 0.3 is 6.01 Å². The van der Waals surface area contributed by atoms with Gasteiger partial charge in [0.15, 0.2) is 0 Å². The van der Waals surface area contributed by atoms with E-state index in [2.05, 4.69) is 20.8 Å². The number of nitrogens with one attached hydrogen (secondary N) is 1. The van der Waals surface area contributed by atoms with E-state index in [4.69, 9.17) is 9.47 Å². The largest absolute Gasteiger partial charge is 0.423 e. The predicted octanol–water partition coefficient (Wildman–Crippen LogP) is 2.97. The average Bonchev–Trinajstić information content (AvgIpc) is 3.15. The zero-order valence-electron chi connectivity index (χ0n) is 14.8. The molecule has 0 bridgehead atoms. The molecule has 7 heteroatoms. The van der Waals surface area contributed by atoms with Crippen LogP contribution in [0.1, 0.15) is 18.9 Å². The number of nitrogens with zero attached hydrogens (tertiary/aromatic N) is 4. The van der Waals surface area contributed by atoms with Gasteiger partial charge in [-0.3, -0.25) is 0 Å². The standard InChI is InChI=1S/C19H23N5O2/c1-2-25-14-6-13-20-15-16-9-11-18(12-10-16)26-19-21-22-23-24(19)17-7-4-3-5-8-17/h3-5,7-12,20H,2,6,13-15H2,1H3. The maximum atomic E-state index is 5.82. The number of ether oxygens (including phenoxy) is 2. The van der Waals surface area contributed by atoms with Crippen LogP contribution in [0.5, 0.6) is 11.8 Å². The van der Waals surface area contributed by atoms with E-state index in [-0.39, 0.29) is 0 Å². The molecule has 0 radical (unpaired) electrons. The first-order valence-electron chi connectivity index (χ1n) is 8.76.